The molecule has 0 aliphatic heterocycles. The lowest BCUT2D eigenvalue weighted by Crippen LogP contribution is -2.51. The smallest absolute Gasteiger partial charge is 0.258 e. The summed E-state index contributed by atoms with van der Waals surface area (Å²) in [6.45, 7) is 5.91. The molecule has 1 heterocycles. The number of halogens is 2. The van der Waals surface area contributed by atoms with Gasteiger partial charge < -0.3 is 36.1 Å². The number of rotatable bonds is 17. The fraction of sp³-hybridized carbons (Fsp3) is 0.594. The van der Waals surface area contributed by atoms with Gasteiger partial charge in [0, 0.05) is 30.4 Å². The minimum Gasteiger partial charge on any atom is -0.495 e. The van der Waals surface area contributed by atoms with E-state index in [-0.39, 0.29) is 18.7 Å². The number of ether oxygens (including phenoxy) is 1. The van der Waals surface area contributed by atoms with E-state index in [0.717, 1.165) is 44.3 Å². The van der Waals surface area contributed by atoms with Gasteiger partial charge in [0.05, 0.1) is 25.0 Å². The van der Waals surface area contributed by atoms with E-state index in [4.69, 9.17) is 16.3 Å². The highest BCUT2D eigenvalue weighted by molar-refractivity contribution is 8.00. The third-order valence-corrected chi connectivity index (χ3v) is 10.5. The summed E-state index contributed by atoms with van der Waals surface area (Å²) in [6, 6.07) is 4.40. The van der Waals surface area contributed by atoms with Crippen molar-refractivity contribution in [3.05, 3.63) is 35.0 Å². The van der Waals surface area contributed by atoms with Crippen molar-refractivity contribution < 1.29 is 23.5 Å². The largest absolute Gasteiger partial charge is 0.495 e. The van der Waals surface area contributed by atoms with Crippen LogP contribution in [0.25, 0.3) is 0 Å². The molecular weight excluding hydrogens is 633 g/mol. The zero-order valence-corrected chi connectivity index (χ0v) is 28.5. The predicted molar refractivity (Wildman–Crippen MR) is 181 cm³/mol. The van der Waals surface area contributed by atoms with Gasteiger partial charge in [-0.3, -0.25) is 9.59 Å². The second-order valence-electron chi connectivity index (χ2n) is 12.5. The van der Waals surface area contributed by atoms with E-state index < -0.39 is 22.4 Å². The molecule has 46 heavy (non-hydrogen) atoms. The lowest BCUT2D eigenvalue weighted by atomic mass is 9.83. The minimum absolute atomic E-state index is 0.194. The summed E-state index contributed by atoms with van der Waals surface area (Å²) in [4.78, 5) is 45.1. The molecule has 0 bridgehead atoms. The Balaban J connectivity index is 1.12. The number of hydrogen-bond acceptors (Lipinski definition) is 10. The van der Waals surface area contributed by atoms with Crippen LogP contribution in [0.3, 0.4) is 0 Å². The number of anilines is 3. The Morgan fingerprint density at radius 3 is 2.57 bits per heavy atom. The molecule has 5 N–H and O–H groups in total. The van der Waals surface area contributed by atoms with Gasteiger partial charge in [0.2, 0.25) is 5.95 Å². The van der Waals surface area contributed by atoms with Crippen LogP contribution in [-0.2, 0) is 9.59 Å². The summed E-state index contributed by atoms with van der Waals surface area (Å²) >= 11 is 7.74. The van der Waals surface area contributed by atoms with Crippen molar-refractivity contribution in [2.24, 2.45) is 11.8 Å². The molecule has 2 amide bonds. The second-order valence-corrected chi connectivity index (χ2v) is 14.6. The first-order valence-electron chi connectivity index (χ1n) is 15.7. The lowest BCUT2D eigenvalue weighted by molar-refractivity contribution is -0.130. The van der Waals surface area contributed by atoms with Crippen LogP contribution in [0.1, 0.15) is 62.7 Å². The molecule has 2 aliphatic rings. The zero-order valence-electron chi connectivity index (χ0n) is 26.9. The molecule has 252 valence electrons. The van der Waals surface area contributed by atoms with Gasteiger partial charge in [-0.15, -0.1) is 0 Å². The second kappa shape index (κ2) is 16.1. The number of aromatic nitrogens is 2. The highest BCUT2D eigenvalue weighted by Gasteiger charge is 2.52. The number of carbonyl (C=O) groups is 3. The van der Waals surface area contributed by atoms with Crippen molar-refractivity contribution in [2.45, 2.75) is 68.8 Å². The average molecular weight is 678 g/mol. The Kier molecular flexibility index (Phi) is 12.5. The number of nitrogens with zero attached hydrogens (tertiary/aromatic N) is 2. The molecule has 0 radical (unpaired) electrons. The normalized spacial score (nSPS) is 19.4. The highest BCUT2D eigenvalue weighted by atomic mass is 35.5. The molecule has 0 unspecified atom stereocenters. The number of hydrogen-bond donors (Lipinski definition) is 5. The van der Waals surface area contributed by atoms with Crippen LogP contribution in [0.15, 0.2) is 24.4 Å². The molecular formula is C32H45ClFN7O4S. The monoisotopic (exact) mass is 677 g/mol. The molecule has 2 fully saturated rings. The SMILES string of the molecule is CNc1nc(Nc2ccc(C(=O)NCCNCC3CCC(CSC(C)(C)[C@@H](C=O)NC(=O)C4(F)CC4)CC3)cc2OC)ncc1Cl. The van der Waals surface area contributed by atoms with Crippen molar-refractivity contribution in [3.8, 4) is 5.75 Å². The first kappa shape index (κ1) is 35.7. The maximum atomic E-state index is 14.1. The van der Waals surface area contributed by atoms with Crippen LogP contribution in [0.2, 0.25) is 5.02 Å². The van der Waals surface area contributed by atoms with E-state index in [2.05, 4.69) is 36.6 Å². The van der Waals surface area contributed by atoms with Crippen LogP contribution in [0, 0.1) is 11.8 Å². The number of methoxy groups -OCH3 is 1. The number of nitrogens with one attached hydrogen (secondary N) is 5. The van der Waals surface area contributed by atoms with E-state index in [1.165, 1.54) is 13.3 Å². The quantitative estimate of drug-likeness (QED) is 0.117. The fourth-order valence-corrected chi connectivity index (χ4v) is 6.81. The summed E-state index contributed by atoms with van der Waals surface area (Å²) in [6.07, 6.45) is 7.11. The van der Waals surface area contributed by atoms with Gasteiger partial charge in [-0.2, -0.15) is 16.7 Å². The van der Waals surface area contributed by atoms with Crippen molar-refractivity contribution in [3.63, 3.8) is 0 Å². The summed E-state index contributed by atoms with van der Waals surface area (Å²) in [5, 5.41) is 15.4. The van der Waals surface area contributed by atoms with Crippen LogP contribution in [0.5, 0.6) is 5.75 Å². The first-order valence-corrected chi connectivity index (χ1v) is 17.1. The number of amides is 2. The Labute approximate surface area is 279 Å². The number of alkyl halides is 1. The summed E-state index contributed by atoms with van der Waals surface area (Å²) in [5.74, 6) is 2.46. The van der Waals surface area contributed by atoms with E-state index in [1.807, 2.05) is 13.8 Å². The first-order chi connectivity index (χ1) is 22.0. The van der Waals surface area contributed by atoms with E-state index in [0.29, 0.717) is 58.7 Å². The van der Waals surface area contributed by atoms with Crippen molar-refractivity contribution in [2.75, 3.05) is 50.2 Å². The number of thioether (sulfide) groups is 1. The van der Waals surface area contributed by atoms with Gasteiger partial charge in [0.15, 0.2) is 5.67 Å². The van der Waals surface area contributed by atoms with Crippen molar-refractivity contribution >= 4 is 58.9 Å². The van der Waals surface area contributed by atoms with E-state index in [9.17, 15) is 18.8 Å². The number of carbonyl (C=O) groups excluding carboxylic acids is 3. The zero-order chi connectivity index (χ0) is 33.3. The predicted octanol–water partition coefficient (Wildman–Crippen LogP) is 4.75. The third kappa shape index (κ3) is 9.68. The summed E-state index contributed by atoms with van der Waals surface area (Å²) in [7, 11) is 3.25. The van der Waals surface area contributed by atoms with Crippen LogP contribution < -0.4 is 31.3 Å². The number of benzene rings is 1. The van der Waals surface area contributed by atoms with Crippen molar-refractivity contribution in [1.29, 1.82) is 0 Å². The molecule has 2 aromatic rings. The maximum absolute atomic E-state index is 14.1. The Bertz CT molecular complexity index is 1370. The molecule has 4 rings (SSSR count). The topological polar surface area (TPSA) is 146 Å². The van der Waals surface area contributed by atoms with Crippen LogP contribution in [-0.4, -0.2) is 84.1 Å². The molecule has 1 atom stereocenters. The van der Waals surface area contributed by atoms with Crippen molar-refractivity contribution in [1.82, 2.24) is 25.9 Å². The van der Waals surface area contributed by atoms with Gasteiger partial charge in [0.1, 0.15) is 22.9 Å². The van der Waals surface area contributed by atoms with Gasteiger partial charge >= 0.3 is 0 Å². The van der Waals surface area contributed by atoms with Gasteiger partial charge in [-0.05, 0) is 94.7 Å². The van der Waals surface area contributed by atoms with E-state index in [1.54, 1.807) is 37.0 Å². The lowest BCUT2D eigenvalue weighted by Gasteiger charge is -2.34. The average Bonchev–Trinajstić information content (AvgIpc) is 3.82. The van der Waals surface area contributed by atoms with Crippen LogP contribution >= 0.6 is 23.4 Å². The Hall–Kier alpha value is -3.16. The summed E-state index contributed by atoms with van der Waals surface area (Å²) < 4.78 is 19.0. The molecule has 2 saturated carbocycles. The molecule has 0 saturated heterocycles. The summed E-state index contributed by atoms with van der Waals surface area (Å²) in [5.41, 5.74) is -0.696. The maximum Gasteiger partial charge on any atom is 0.258 e. The van der Waals surface area contributed by atoms with Gasteiger partial charge in [0.25, 0.3) is 11.8 Å². The third-order valence-electron chi connectivity index (χ3n) is 8.64. The fourth-order valence-electron chi connectivity index (χ4n) is 5.34. The van der Waals surface area contributed by atoms with Gasteiger partial charge in [-0.1, -0.05) is 11.6 Å². The molecule has 14 heteroatoms. The van der Waals surface area contributed by atoms with E-state index >= 15 is 0 Å². The highest BCUT2D eigenvalue weighted by Crippen LogP contribution is 2.41. The Morgan fingerprint density at radius 1 is 1.20 bits per heavy atom. The molecule has 1 aromatic carbocycles. The molecule has 1 aromatic heterocycles. The van der Waals surface area contributed by atoms with Gasteiger partial charge in [-0.25, -0.2) is 9.37 Å². The molecule has 2 aliphatic carbocycles. The minimum atomic E-state index is -1.79. The molecule has 11 nitrogen and oxygen atoms in total. The standard InChI is InChI=1S/C32H45ClFN7O4S/c1-31(2,26(18-42)40-29(44)32(34)11-12-32)46-19-21-7-5-20(6-8-21)16-36-13-14-37-28(43)22-9-10-24(25(15-22)45-4)39-30-38-17-23(33)27(35-3)41-30/h9-10,15,17-18,20-21,26,36H,5-8,11-14,16,19H2,1-4H3,(H,37,43)(H,40,44)(H2,35,38,39,41)/t20?,21?,26-/m1/s1. The Morgan fingerprint density at radius 2 is 1.91 bits per heavy atom. The van der Waals surface area contributed by atoms with Crippen LogP contribution in [0.4, 0.5) is 21.8 Å². The number of aldehydes is 1. The molecule has 0 spiro atoms.